The van der Waals surface area contributed by atoms with E-state index in [0.29, 0.717) is 18.1 Å². The van der Waals surface area contributed by atoms with Crippen molar-refractivity contribution in [1.29, 1.82) is 0 Å². The highest BCUT2D eigenvalue weighted by atomic mass is 16.5. The third-order valence-corrected chi connectivity index (χ3v) is 4.54. The molecule has 1 aromatic heterocycles. The molecule has 0 aliphatic rings. The number of carbonyl (C=O) groups excluding carboxylic acids is 1. The number of nitrogens with zero attached hydrogens (tertiary/aromatic N) is 3. The van der Waals surface area contributed by atoms with Crippen LogP contribution in [0.15, 0.2) is 78.9 Å². The first-order valence-corrected chi connectivity index (χ1v) is 9.78. The number of benzene rings is 3. The molecule has 4 rings (SSSR count). The minimum Gasteiger partial charge on any atom is -0.494 e. The number of nitrogens with one attached hydrogen (secondary N) is 1. The highest BCUT2D eigenvalue weighted by molar-refractivity contribution is 6.01. The molecule has 1 amide bonds. The van der Waals surface area contributed by atoms with Gasteiger partial charge in [-0.3, -0.25) is 4.79 Å². The molecule has 4 aromatic rings. The minimum atomic E-state index is -0.362. The summed E-state index contributed by atoms with van der Waals surface area (Å²) in [5.74, 6) is 1.11. The van der Waals surface area contributed by atoms with Crippen molar-refractivity contribution in [3.63, 3.8) is 0 Å². The molecule has 0 aliphatic carbocycles. The number of hydrogen-bond donors (Lipinski definition) is 1. The van der Waals surface area contributed by atoms with E-state index in [1.807, 2.05) is 92.7 Å². The van der Waals surface area contributed by atoms with E-state index >= 15 is 0 Å². The van der Waals surface area contributed by atoms with E-state index in [9.17, 15) is 4.79 Å². The summed E-state index contributed by atoms with van der Waals surface area (Å²) >= 11 is 0. The van der Waals surface area contributed by atoms with Gasteiger partial charge in [0.2, 0.25) is 5.82 Å². The topological polar surface area (TPSA) is 69.0 Å². The molecule has 0 bridgehead atoms. The van der Waals surface area contributed by atoms with Gasteiger partial charge in [-0.15, -0.1) is 5.10 Å². The van der Waals surface area contributed by atoms with Crippen LogP contribution in [0.2, 0.25) is 0 Å². The summed E-state index contributed by atoms with van der Waals surface area (Å²) in [6, 6.07) is 24.8. The fourth-order valence-corrected chi connectivity index (χ4v) is 3.04. The lowest BCUT2D eigenvalue weighted by atomic mass is 10.1. The van der Waals surface area contributed by atoms with Crippen LogP contribution in [0.4, 0.5) is 5.69 Å². The van der Waals surface area contributed by atoms with E-state index in [4.69, 9.17) is 4.74 Å². The summed E-state index contributed by atoms with van der Waals surface area (Å²) in [7, 11) is 0. The molecule has 0 fully saturated rings. The molecule has 6 heteroatoms. The Bertz CT molecular complexity index is 1130. The van der Waals surface area contributed by atoms with Crippen molar-refractivity contribution in [3.05, 3.63) is 90.3 Å². The number of aryl methyl sites for hydroxylation is 1. The fraction of sp³-hybridized carbons (Fsp3) is 0.125. The van der Waals surface area contributed by atoms with Crippen molar-refractivity contribution in [2.45, 2.75) is 13.8 Å². The molecular formula is C24H22N4O2. The van der Waals surface area contributed by atoms with Gasteiger partial charge in [0.05, 0.1) is 12.3 Å². The van der Waals surface area contributed by atoms with Gasteiger partial charge in [-0.05, 0) is 50.2 Å². The Kier molecular flexibility index (Phi) is 5.57. The van der Waals surface area contributed by atoms with Crippen LogP contribution in [0.25, 0.3) is 17.1 Å². The molecule has 30 heavy (non-hydrogen) atoms. The van der Waals surface area contributed by atoms with Crippen LogP contribution in [0.5, 0.6) is 5.75 Å². The lowest BCUT2D eigenvalue weighted by Crippen LogP contribution is -2.14. The van der Waals surface area contributed by atoms with Gasteiger partial charge in [-0.25, -0.2) is 9.67 Å². The zero-order valence-corrected chi connectivity index (χ0v) is 16.9. The summed E-state index contributed by atoms with van der Waals surface area (Å²) in [6.45, 7) is 4.57. The molecule has 6 nitrogen and oxygen atoms in total. The zero-order chi connectivity index (χ0) is 20.9. The van der Waals surface area contributed by atoms with Crippen LogP contribution in [0.1, 0.15) is 23.1 Å². The number of para-hydroxylation sites is 1. The summed E-state index contributed by atoms with van der Waals surface area (Å²) in [6.07, 6.45) is 0. The van der Waals surface area contributed by atoms with Gasteiger partial charge in [0, 0.05) is 11.3 Å². The van der Waals surface area contributed by atoms with Crippen LogP contribution >= 0.6 is 0 Å². The SMILES string of the molecule is CCOc1ccc(-n2nc(C(=O)Nc3ccccc3)nc2-c2ccc(C)cc2)cc1. The highest BCUT2D eigenvalue weighted by Gasteiger charge is 2.19. The second-order valence-corrected chi connectivity index (χ2v) is 6.78. The highest BCUT2D eigenvalue weighted by Crippen LogP contribution is 2.23. The monoisotopic (exact) mass is 398 g/mol. The van der Waals surface area contributed by atoms with Crippen molar-refractivity contribution in [3.8, 4) is 22.8 Å². The van der Waals surface area contributed by atoms with Crippen molar-refractivity contribution >= 4 is 11.6 Å². The average molecular weight is 398 g/mol. The summed E-state index contributed by atoms with van der Waals surface area (Å²) in [5.41, 5.74) is 3.51. The Morgan fingerprint density at radius 3 is 2.33 bits per heavy atom. The van der Waals surface area contributed by atoms with Crippen LogP contribution in [0.3, 0.4) is 0 Å². The van der Waals surface area contributed by atoms with Gasteiger partial charge in [0.1, 0.15) is 5.75 Å². The van der Waals surface area contributed by atoms with Gasteiger partial charge in [-0.2, -0.15) is 0 Å². The molecule has 0 atom stereocenters. The predicted molar refractivity (Wildman–Crippen MR) is 117 cm³/mol. The maximum Gasteiger partial charge on any atom is 0.295 e. The second-order valence-electron chi connectivity index (χ2n) is 6.78. The van der Waals surface area contributed by atoms with Gasteiger partial charge < -0.3 is 10.1 Å². The molecule has 1 heterocycles. The largest absolute Gasteiger partial charge is 0.494 e. The molecule has 0 saturated heterocycles. The van der Waals surface area contributed by atoms with Crippen molar-refractivity contribution in [1.82, 2.24) is 14.8 Å². The molecule has 0 spiro atoms. The Balaban J connectivity index is 1.73. The van der Waals surface area contributed by atoms with E-state index < -0.39 is 0 Å². The fourth-order valence-electron chi connectivity index (χ4n) is 3.04. The van der Waals surface area contributed by atoms with Gasteiger partial charge in [-0.1, -0.05) is 48.0 Å². The summed E-state index contributed by atoms with van der Waals surface area (Å²) in [4.78, 5) is 17.3. The molecule has 0 aliphatic heterocycles. The van der Waals surface area contributed by atoms with E-state index in [-0.39, 0.29) is 11.7 Å². The maximum absolute atomic E-state index is 12.8. The Hall–Kier alpha value is -3.93. The number of rotatable bonds is 6. The number of hydrogen-bond acceptors (Lipinski definition) is 4. The Morgan fingerprint density at radius 2 is 1.67 bits per heavy atom. The quantitative estimate of drug-likeness (QED) is 0.502. The minimum absolute atomic E-state index is 0.100. The smallest absolute Gasteiger partial charge is 0.295 e. The molecule has 3 aromatic carbocycles. The third-order valence-electron chi connectivity index (χ3n) is 4.54. The predicted octanol–water partition coefficient (Wildman–Crippen LogP) is 4.89. The average Bonchev–Trinajstić information content (AvgIpc) is 3.21. The summed E-state index contributed by atoms with van der Waals surface area (Å²) in [5, 5.41) is 7.34. The molecule has 150 valence electrons. The van der Waals surface area contributed by atoms with E-state index in [0.717, 1.165) is 22.6 Å². The van der Waals surface area contributed by atoms with Gasteiger partial charge >= 0.3 is 0 Å². The first kappa shape index (κ1) is 19.4. The molecular weight excluding hydrogens is 376 g/mol. The third kappa shape index (κ3) is 4.22. The normalized spacial score (nSPS) is 10.6. The first-order valence-electron chi connectivity index (χ1n) is 9.78. The van der Waals surface area contributed by atoms with E-state index in [1.165, 1.54) is 0 Å². The molecule has 0 unspecified atom stereocenters. The summed E-state index contributed by atoms with van der Waals surface area (Å²) < 4.78 is 7.21. The standard InChI is InChI=1S/C24H22N4O2/c1-3-30-21-15-13-20(14-16-21)28-23(18-11-9-17(2)10-12-18)26-22(27-28)24(29)25-19-7-5-4-6-8-19/h4-16H,3H2,1-2H3,(H,25,29). The Labute approximate surface area is 175 Å². The molecule has 0 radical (unpaired) electrons. The van der Waals surface area contributed by atoms with Crippen molar-refractivity contribution in [2.24, 2.45) is 0 Å². The lowest BCUT2D eigenvalue weighted by molar-refractivity contribution is 0.101. The van der Waals surface area contributed by atoms with E-state index in [2.05, 4.69) is 15.4 Å². The zero-order valence-electron chi connectivity index (χ0n) is 16.9. The first-order chi connectivity index (χ1) is 14.6. The van der Waals surface area contributed by atoms with Gasteiger partial charge in [0.25, 0.3) is 5.91 Å². The number of ether oxygens (including phenoxy) is 1. The van der Waals surface area contributed by atoms with Crippen molar-refractivity contribution < 1.29 is 9.53 Å². The number of carbonyl (C=O) groups is 1. The van der Waals surface area contributed by atoms with Crippen LogP contribution < -0.4 is 10.1 Å². The molecule has 1 N–H and O–H groups in total. The van der Waals surface area contributed by atoms with Gasteiger partial charge in [0.15, 0.2) is 5.82 Å². The number of aromatic nitrogens is 3. The molecule has 0 saturated carbocycles. The van der Waals surface area contributed by atoms with E-state index in [1.54, 1.807) is 4.68 Å². The number of anilines is 1. The van der Waals surface area contributed by atoms with Crippen LogP contribution in [0, 0.1) is 6.92 Å². The Morgan fingerprint density at radius 1 is 0.967 bits per heavy atom. The maximum atomic E-state index is 12.8. The second kappa shape index (κ2) is 8.61. The lowest BCUT2D eigenvalue weighted by Gasteiger charge is -2.08. The van der Waals surface area contributed by atoms with Crippen LogP contribution in [-0.4, -0.2) is 27.3 Å². The van der Waals surface area contributed by atoms with Crippen LogP contribution in [-0.2, 0) is 0 Å². The number of amides is 1. The van der Waals surface area contributed by atoms with Crippen molar-refractivity contribution in [2.75, 3.05) is 11.9 Å².